The molecule has 142 valence electrons. The molecule has 0 aliphatic rings. The molecule has 5 aromatic rings. The average Bonchev–Trinajstić information content (AvgIpc) is 3.35. The van der Waals surface area contributed by atoms with E-state index < -0.39 is 0 Å². The Balaban J connectivity index is 1.71. The molecule has 0 aliphatic heterocycles. The van der Waals surface area contributed by atoms with E-state index in [1.54, 1.807) is 36.1 Å². The van der Waals surface area contributed by atoms with Crippen LogP contribution in [0.25, 0.3) is 28.1 Å². The minimum absolute atomic E-state index is 0.148. The number of aromatic nitrogens is 8. The van der Waals surface area contributed by atoms with Crippen LogP contribution in [-0.4, -0.2) is 39.7 Å². The number of anilines is 3. The first-order valence-electron chi connectivity index (χ1n) is 8.85. The summed E-state index contributed by atoms with van der Waals surface area (Å²) < 4.78 is 1.80. The van der Waals surface area contributed by atoms with Crippen LogP contribution in [-0.2, 0) is 0 Å². The van der Waals surface area contributed by atoms with Crippen molar-refractivity contribution in [3.05, 3.63) is 60.8 Å². The van der Waals surface area contributed by atoms with Crippen molar-refractivity contribution < 1.29 is 0 Å². The van der Waals surface area contributed by atoms with Crippen LogP contribution < -0.4 is 11.1 Å². The first-order chi connectivity index (χ1) is 14.2. The van der Waals surface area contributed by atoms with Gasteiger partial charge in [0.05, 0.1) is 17.2 Å². The number of hydrogen-bond acceptors (Lipinski definition) is 8. The summed E-state index contributed by atoms with van der Waals surface area (Å²) in [6, 6.07) is 11.7. The van der Waals surface area contributed by atoms with Crippen molar-refractivity contribution in [2.75, 3.05) is 11.1 Å². The van der Waals surface area contributed by atoms with Gasteiger partial charge in [-0.25, -0.2) is 9.55 Å². The number of imidazole rings is 1. The van der Waals surface area contributed by atoms with Crippen molar-refractivity contribution in [1.29, 1.82) is 0 Å². The van der Waals surface area contributed by atoms with Crippen LogP contribution in [0.3, 0.4) is 0 Å². The lowest BCUT2D eigenvalue weighted by Gasteiger charge is -2.09. The second-order valence-electron chi connectivity index (χ2n) is 6.35. The Morgan fingerprint density at radius 1 is 0.931 bits per heavy atom. The topological polar surface area (TPSA) is 136 Å². The summed E-state index contributed by atoms with van der Waals surface area (Å²) in [6.07, 6.45) is 5.18. The molecule has 0 unspecified atom stereocenters. The van der Waals surface area contributed by atoms with Gasteiger partial charge < -0.3 is 11.1 Å². The molecule has 0 amide bonds. The van der Waals surface area contributed by atoms with Crippen molar-refractivity contribution in [3.8, 4) is 17.1 Å². The average molecular weight is 384 g/mol. The predicted molar refractivity (Wildman–Crippen MR) is 109 cm³/mol. The Labute approximate surface area is 164 Å². The normalized spacial score (nSPS) is 11.1. The highest BCUT2D eigenvalue weighted by atomic mass is 15.3. The molecule has 29 heavy (non-hydrogen) atoms. The van der Waals surface area contributed by atoms with E-state index in [1.807, 2.05) is 30.3 Å². The quantitative estimate of drug-likeness (QED) is 0.430. The highest BCUT2D eigenvalue weighted by molar-refractivity contribution is 5.86. The van der Waals surface area contributed by atoms with Crippen LogP contribution in [0.1, 0.15) is 5.82 Å². The minimum atomic E-state index is 0.148. The number of H-pyrrole nitrogens is 1. The third-order valence-electron chi connectivity index (χ3n) is 4.37. The molecule has 1 aromatic carbocycles. The third kappa shape index (κ3) is 3.12. The summed E-state index contributed by atoms with van der Waals surface area (Å²) in [6.45, 7) is 1.77. The van der Waals surface area contributed by atoms with Crippen LogP contribution in [0.4, 0.5) is 17.7 Å². The van der Waals surface area contributed by atoms with Gasteiger partial charge in [0.2, 0.25) is 17.8 Å². The van der Waals surface area contributed by atoms with E-state index in [2.05, 4.69) is 35.5 Å². The van der Waals surface area contributed by atoms with Crippen LogP contribution in [0.15, 0.2) is 55.0 Å². The van der Waals surface area contributed by atoms with Crippen molar-refractivity contribution in [2.24, 2.45) is 0 Å². The number of aryl methyl sites for hydroxylation is 1. The molecule has 0 radical (unpaired) electrons. The van der Waals surface area contributed by atoms with Gasteiger partial charge in [-0.05, 0) is 42.3 Å². The molecule has 4 aromatic heterocycles. The zero-order valence-corrected chi connectivity index (χ0v) is 15.4. The maximum absolute atomic E-state index is 5.86. The SMILES string of the molecule is Cc1nc(N)nc(-n2c(Nc3ccn[nH]3)nc3cc(-c4ccncc4)ccc32)n1. The van der Waals surface area contributed by atoms with Crippen LogP contribution in [0.5, 0.6) is 0 Å². The number of nitrogens with one attached hydrogen (secondary N) is 2. The first-order valence-corrected chi connectivity index (χ1v) is 8.85. The molecule has 5 rings (SSSR count). The van der Waals surface area contributed by atoms with Gasteiger partial charge in [0.15, 0.2) is 0 Å². The highest BCUT2D eigenvalue weighted by Gasteiger charge is 2.17. The van der Waals surface area contributed by atoms with E-state index >= 15 is 0 Å². The van der Waals surface area contributed by atoms with Gasteiger partial charge in [-0.1, -0.05) is 6.07 Å². The number of hydrogen-bond donors (Lipinski definition) is 3. The van der Waals surface area contributed by atoms with Crippen molar-refractivity contribution in [1.82, 2.24) is 39.7 Å². The molecule has 10 heteroatoms. The Hall–Kier alpha value is -4.34. The number of rotatable bonds is 4. The van der Waals surface area contributed by atoms with Crippen molar-refractivity contribution in [2.45, 2.75) is 6.92 Å². The standard InChI is InChI=1S/C19H16N10/c1-11-23-17(20)27-18(24-11)29-15-3-2-13(12-4-7-21-8-5-12)10-14(15)25-19(29)26-16-6-9-22-28-16/h2-10H,1H3,(H2,20,23,24,27)(H2,22,25,26,28). The molecule has 0 aliphatic carbocycles. The second kappa shape index (κ2) is 6.68. The summed E-state index contributed by atoms with van der Waals surface area (Å²) >= 11 is 0. The fraction of sp³-hybridized carbons (Fsp3) is 0.0526. The highest BCUT2D eigenvalue weighted by Crippen LogP contribution is 2.29. The fourth-order valence-electron chi connectivity index (χ4n) is 3.12. The Morgan fingerprint density at radius 3 is 2.55 bits per heavy atom. The molecule has 0 atom stereocenters. The molecular formula is C19H16N10. The monoisotopic (exact) mass is 384 g/mol. The van der Waals surface area contributed by atoms with E-state index in [4.69, 9.17) is 10.7 Å². The predicted octanol–water partition coefficient (Wildman–Crippen LogP) is 2.63. The third-order valence-corrected chi connectivity index (χ3v) is 4.37. The van der Waals surface area contributed by atoms with Crippen molar-refractivity contribution >= 4 is 28.7 Å². The maximum atomic E-state index is 5.86. The van der Waals surface area contributed by atoms with Gasteiger partial charge in [-0.3, -0.25) is 10.1 Å². The molecule has 0 bridgehead atoms. The first kappa shape index (κ1) is 16.8. The van der Waals surface area contributed by atoms with Gasteiger partial charge in [0, 0.05) is 18.5 Å². The number of nitrogens with zero attached hydrogens (tertiary/aromatic N) is 7. The summed E-state index contributed by atoms with van der Waals surface area (Å²) in [5.74, 6) is 2.28. The lowest BCUT2D eigenvalue weighted by Crippen LogP contribution is -2.10. The lowest BCUT2D eigenvalue weighted by molar-refractivity contribution is 0.893. The maximum Gasteiger partial charge on any atom is 0.242 e. The molecule has 4 N–H and O–H groups in total. The fourth-order valence-corrected chi connectivity index (χ4v) is 3.12. The summed E-state index contributed by atoms with van der Waals surface area (Å²) in [4.78, 5) is 21.6. The van der Waals surface area contributed by atoms with Crippen LogP contribution in [0.2, 0.25) is 0 Å². The number of benzene rings is 1. The van der Waals surface area contributed by atoms with Crippen LogP contribution in [0, 0.1) is 6.92 Å². The summed E-state index contributed by atoms with van der Waals surface area (Å²) in [7, 11) is 0. The van der Waals surface area contributed by atoms with Gasteiger partial charge >= 0.3 is 0 Å². The largest absolute Gasteiger partial charge is 0.368 e. The molecular weight excluding hydrogens is 368 g/mol. The Bertz CT molecular complexity index is 1270. The van der Waals surface area contributed by atoms with Gasteiger partial charge in [-0.2, -0.15) is 20.1 Å². The van der Waals surface area contributed by atoms with Gasteiger partial charge in [-0.15, -0.1) is 0 Å². The smallest absolute Gasteiger partial charge is 0.242 e. The Morgan fingerprint density at radius 2 is 1.79 bits per heavy atom. The molecule has 4 heterocycles. The van der Waals surface area contributed by atoms with E-state index in [-0.39, 0.29) is 5.95 Å². The van der Waals surface area contributed by atoms with E-state index in [9.17, 15) is 0 Å². The zero-order valence-electron chi connectivity index (χ0n) is 15.4. The van der Waals surface area contributed by atoms with Gasteiger partial charge in [0.25, 0.3) is 0 Å². The zero-order chi connectivity index (χ0) is 19.8. The summed E-state index contributed by atoms with van der Waals surface area (Å²) in [5.41, 5.74) is 9.55. The van der Waals surface area contributed by atoms with E-state index in [0.29, 0.717) is 23.5 Å². The molecule has 0 saturated carbocycles. The second-order valence-corrected chi connectivity index (χ2v) is 6.35. The molecule has 0 spiro atoms. The number of nitrogens with two attached hydrogens (primary N) is 1. The number of pyridine rings is 1. The number of aromatic amines is 1. The molecule has 0 saturated heterocycles. The van der Waals surface area contributed by atoms with Crippen LogP contribution >= 0.6 is 0 Å². The number of fused-ring (bicyclic) bond motifs is 1. The molecule has 0 fully saturated rings. The lowest BCUT2D eigenvalue weighted by atomic mass is 10.1. The van der Waals surface area contributed by atoms with Gasteiger partial charge in [0.1, 0.15) is 11.6 Å². The van der Waals surface area contributed by atoms with Crippen molar-refractivity contribution in [3.63, 3.8) is 0 Å². The minimum Gasteiger partial charge on any atom is -0.368 e. The Kier molecular flexibility index (Phi) is 3.87. The number of nitrogen functional groups attached to an aromatic ring is 1. The summed E-state index contributed by atoms with van der Waals surface area (Å²) in [5, 5.41) is 10.1. The molecule has 10 nitrogen and oxygen atoms in total. The van der Waals surface area contributed by atoms with E-state index in [0.717, 1.165) is 22.2 Å². The van der Waals surface area contributed by atoms with E-state index in [1.165, 1.54) is 0 Å².